The fourth-order valence-electron chi connectivity index (χ4n) is 1.62. The molecule has 0 fully saturated rings. The van der Waals surface area contributed by atoms with Crippen LogP contribution < -0.4 is 5.73 Å². The molecule has 0 spiro atoms. The quantitative estimate of drug-likeness (QED) is 0.835. The molecule has 96 valence electrons. The molecule has 5 heteroatoms. The van der Waals surface area contributed by atoms with Crippen LogP contribution in [-0.4, -0.2) is 26.3 Å². The van der Waals surface area contributed by atoms with Gasteiger partial charge in [0.25, 0.3) is 0 Å². The van der Waals surface area contributed by atoms with Gasteiger partial charge in [0.15, 0.2) is 0 Å². The summed E-state index contributed by atoms with van der Waals surface area (Å²) in [6.07, 6.45) is 0.818. The summed E-state index contributed by atoms with van der Waals surface area (Å²) in [7, 11) is -1.59. The summed E-state index contributed by atoms with van der Waals surface area (Å²) >= 11 is 0. The molecule has 0 aliphatic rings. The fourth-order valence-corrected chi connectivity index (χ4v) is 2.90. The SMILES string of the molecule is CCCN(C)S(=O)(=O)Cc1cccc(CN)c1. The van der Waals surface area contributed by atoms with Gasteiger partial charge in [-0.15, -0.1) is 0 Å². The van der Waals surface area contributed by atoms with Crippen LogP contribution in [0, 0.1) is 0 Å². The van der Waals surface area contributed by atoms with E-state index in [1.165, 1.54) is 4.31 Å². The first kappa shape index (κ1) is 14.2. The van der Waals surface area contributed by atoms with Crippen molar-refractivity contribution in [3.05, 3.63) is 35.4 Å². The van der Waals surface area contributed by atoms with E-state index in [-0.39, 0.29) is 5.75 Å². The van der Waals surface area contributed by atoms with Crippen molar-refractivity contribution in [1.82, 2.24) is 4.31 Å². The summed E-state index contributed by atoms with van der Waals surface area (Å²) in [5, 5.41) is 0. The van der Waals surface area contributed by atoms with E-state index < -0.39 is 10.0 Å². The Morgan fingerprint density at radius 2 is 1.94 bits per heavy atom. The summed E-state index contributed by atoms with van der Waals surface area (Å²) in [6, 6.07) is 7.40. The smallest absolute Gasteiger partial charge is 0.218 e. The van der Waals surface area contributed by atoms with E-state index in [0.29, 0.717) is 13.1 Å². The van der Waals surface area contributed by atoms with Gasteiger partial charge in [0.2, 0.25) is 10.0 Å². The third-order valence-electron chi connectivity index (χ3n) is 2.59. The van der Waals surface area contributed by atoms with Gasteiger partial charge in [0.1, 0.15) is 0 Å². The number of rotatable bonds is 6. The van der Waals surface area contributed by atoms with Crippen LogP contribution in [0.5, 0.6) is 0 Å². The number of hydrogen-bond acceptors (Lipinski definition) is 3. The van der Waals surface area contributed by atoms with Crippen LogP contribution in [0.15, 0.2) is 24.3 Å². The zero-order valence-corrected chi connectivity index (χ0v) is 11.2. The summed E-state index contributed by atoms with van der Waals surface area (Å²) in [4.78, 5) is 0. The highest BCUT2D eigenvalue weighted by Gasteiger charge is 2.17. The van der Waals surface area contributed by atoms with Gasteiger partial charge in [-0.3, -0.25) is 0 Å². The molecule has 1 aromatic carbocycles. The molecule has 0 radical (unpaired) electrons. The Hall–Kier alpha value is -0.910. The van der Waals surface area contributed by atoms with Gasteiger partial charge >= 0.3 is 0 Å². The molecule has 2 N–H and O–H groups in total. The molecule has 0 saturated heterocycles. The van der Waals surface area contributed by atoms with Crippen molar-refractivity contribution in [3.63, 3.8) is 0 Å². The van der Waals surface area contributed by atoms with Gasteiger partial charge in [0.05, 0.1) is 5.75 Å². The molecule has 0 unspecified atom stereocenters. The van der Waals surface area contributed by atoms with Gasteiger partial charge in [0, 0.05) is 20.1 Å². The lowest BCUT2D eigenvalue weighted by Crippen LogP contribution is -2.28. The van der Waals surface area contributed by atoms with E-state index in [1.54, 1.807) is 7.05 Å². The highest BCUT2D eigenvalue weighted by atomic mass is 32.2. The van der Waals surface area contributed by atoms with Gasteiger partial charge in [-0.05, 0) is 17.5 Å². The molecular weight excluding hydrogens is 236 g/mol. The number of benzene rings is 1. The van der Waals surface area contributed by atoms with Crippen LogP contribution in [0.1, 0.15) is 24.5 Å². The Bertz CT molecular complexity index is 457. The second-order valence-electron chi connectivity index (χ2n) is 4.10. The molecule has 0 aliphatic carbocycles. The second-order valence-corrected chi connectivity index (χ2v) is 6.18. The summed E-state index contributed by atoms with van der Waals surface area (Å²) in [6.45, 7) is 2.94. The maximum absolute atomic E-state index is 12.0. The number of nitrogens with two attached hydrogens (primary N) is 1. The van der Waals surface area contributed by atoms with E-state index in [2.05, 4.69) is 0 Å². The lowest BCUT2D eigenvalue weighted by atomic mass is 10.1. The van der Waals surface area contributed by atoms with E-state index in [1.807, 2.05) is 31.2 Å². The number of hydrogen-bond donors (Lipinski definition) is 1. The molecule has 0 amide bonds. The normalized spacial score (nSPS) is 12.0. The molecule has 0 aliphatic heterocycles. The molecule has 1 aromatic rings. The minimum absolute atomic E-state index is 0.0390. The Balaban J connectivity index is 2.82. The van der Waals surface area contributed by atoms with Crippen molar-refractivity contribution >= 4 is 10.0 Å². The summed E-state index contributed by atoms with van der Waals surface area (Å²) in [5.41, 5.74) is 7.27. The molecule has 4 nitrogen and oxygen atoms in total. The third-order valence-corrected chi connectivity index (χ3v) is 4.42. The molecule has 0 aromatic heterocycles. The van der Waals surface area contributed by atoms with Gasteiger partial charge in [-0.1, -0.05) is 31.2 Å². The van der Waals surface area contributed by atoms with Crippen molar-refractivity contribution in [3.8, 4) is 0 Å². The van der Waals surface area contributed by atoms with Crippen molar-refractivity contribution in [2.45, 2.75) is 25.6 Å². The molecule has 17 heavy (non-hydrogen) atoms. The second kappa shape index (κ2) is 6.14. The Morgan fingerprint density at radius 1 is 1.29 bits per heavy atom. The Kier molecular flexibility index (Phi) is 5.11. The minimum Gasteiger partial charge on any atom is -0.326 e. The number of nitrogens with zero attached hydrogens (tertiary/aromatic N) is 1. The van der Waals surface area contributed by atoms with Crippen LogP contribution in [0.3, 0.4) is 0 Å². The van der Waals surface area contributed by atoms with Crippen molar-refractivity contribution in [2.75, 3.05) is 13.6 Å². The third kappa shape index (κ3) is 4.11. The topological polar surface area (TPSA) is 63.4 Å². The van der Waals surface area contributed by atoms with Crippen molar-refractivity contribution in [2.24, 2.45) is 5.73 Å². The standard InChI is InChI=1S/C12H20N2O2S/c1-3-7-14(2)17(15,16)10-12-6-4-5-11(8-12)9-13/h4-6,8H,3,7,9-10,13H2,1-2H3. The Morgan fingerprint density at radius 3 is 2.53 bits per heavy atom. The minimum atomic E-state index is -3.21. The average molecular weight is 256 g/mol. The van der Waals surface area contributed by atoms with Crippen LogP contribution >= 0.6 is 0 Å². The first-order chi connectivity index (χ1) is 7.99. The van der Waals surface area contributed by atoms with Gasteiger partial charge < -0.3 is 5.73 Å². The Labute approximate surface area is 103 Å². The van der Waals surface area contributed by atoms with Crippen LogP contribution in [-0.2, 0) is 22.3 Å². The van der Waals surface area contributed by atoms with Crippen molar-refractivity contribution in [1.29, 1.82) is 0 Å². The lowest BCUT2D eigenvalue weighted by molar-refractivity contribution is 0.467. The summed E-state index contributed by atoms with van der Waals surface area (Å²) in [5.74, 6) is 0.0390. The van der Waals surface area contributed by atoms with Gasteiger partial charge in [-0.25, -0.2) is 12.7 Å². The monoisotopic (exact) mass is 256 g/mol. The largest absolute Gasteiger partial charge is 0.326 e. The highest BCUT2D eigenvalue weighted by Crippen LogP contribution is 2.11. The van der Waals surface area contributed by atoms with Crippen LogP contribution in [0.25, 0.3) is 0 Å². The first-order valence-corrected chi connectivity index (χ1v) is 7.32. The summed E-state index contributed by atoms with van der Waals surface area (Å²) < 4.78 is 25.4. The van der Waals surface area contributed by atoms with Crippen LogP contribution in [0.2, 0.25) is 0 Å². The predicted octanol–water partition coefficient (Wildman–Crippen LogP) is 1.32. The zero-order valence-electron chi connectivity index (χ0n) is 10.4. The molecular formula is C12H20N2O2S. The van der Waals surface area contributed by atoms with E-state index in [4.69, 9.17) is 5.73 Å². The number of sulfonamides is 1. The molecule has 1 rings (SSSR count). The maximum Gasteiger partial charge on any atom is 0.218 e. The van der Waals surface area contributed by atoms with E-state index in [9.17, 15) is 8.42 Å². The lowest BCUT2D eigenvalue weighted by Gasteiger charge is -2.16. The first-order valence-electron chi connectivity index (χ1n) is 5.71. The van der Waals surface area contributed by atoms with E-state index >= 15 is 0 Å². The predicted molar refractivity (Wildman–Crippen MR) is 69.9 cm³/mol. The molecule has 0 saturated carbocycles. The van der Waals surface area contributed by atoms with E-state index in [0.717, 1.165) is 17.5 Å². The molecule has 0 bridgehead atoms. The average Bonchev–Trinajstić information content (AvgIpc) is 2.29. The van der Waals surface area contributed by atoms with Crippen molar-refractivity contribution < 1.29 is 8.42 Å². The molecule has 0 heterocycles. The van der Waals surface area contributed by atoms with Crippen LogP contribution in [0.4, 0.5) is 0 Å². The van der Waals surface area contributed by atoms with Gasteiger partial charge in [-0.2, -0.15) is 0 Å². The zero-order chi connectivity index (χ0) is 12.9. The highest BCUT2D eigenvalue weighted by molar-refractivity contribution is 7.88. The fraction of sp³-hybridized carbons (Fsp3) is 0.500. The molecule has 0 atom stereocenters. The maximum atomic E-state index is 12.0.